The molecule has 0 saturated carbocycles. The molecule has 80 valence electrons. The smallest absolute Gasteiger partial charge is 0.107 e. The van der Waals surface area contributed by atoms with E-state index in [1.165, 1.54) is 0 Å². The molecule has 0 amide bonds. The van der Waals surface area contributed by atoms with Crippen LogP contribution in [0.5, 0.6) is 0 Å². The van der Waals surface area contributed by atoms with Crippen molar-refractivity contribution in [2.45, 2.75) is 53.0 Å². The van der Waals surface area contributed by atoms with Crippen molar-refractivity contribution in [3.8, 4) is 0 Å². The molecule has 0 radical (unpaired) electrons. The van der Waals surface area contributed by atoms with Crippen molar-refractivity contribution in [2.75, 3.05) is 13.1 Å². The fourth-order valence-electron chi connectivity index (χ4n) is 1.10. The third kappa shape index (κ3) is 8.22. The van der Waals surface area contributed by atoms with E-state index in [1.807, 2.05) is 13.8 Å². The molecule has 0 heterocycles. The summed E-state index contributed by atoms with van der Waals surface area (Å²) in [5, 5.41) is 6.55. The topological polar surface area (TPSA) is 33.3 Å². The van der Waals surface area contributed by atoms with Gasteiger partial charge >= 0.3 is 0 Å². The van der Waals surface area contributed by atoms with E-state index in [0.29, 0.717) is 0 Å². The van der Waals surface area contributed by atoms with Gasteiger partial charge in [-0.05, 0) is 39.8 Å². The molecule has 3 heteroatoms. The Hall–Kier alpha value is -0.120. The fourth-order valence-corrected chi connectivity index (χ4v) is 1.10. The molecule has 0 aliphatic heterocycles. The Balaban J connectivity index is 3.35. The lowest BCUT2D eigenvalue weighted by Crippen LogP contribution is -2.38. The van der Waals surface area contributed by atoms with Crippen molar-refractivity contribution >= 4 is 0 Å². The van der Waals surface area contributed by atoms with Crippen LogP contribution in [0.1, 0.15) is 40.5 Å². The van der Waals surface area contributed by atoms with Crippen LogP contribution in [0.3, 0.4) is 0 Å². The zero-order valence-electron chi connectivity index (χ0n) is 9.39. The highest BCUT2D eigenvalue weighted by molar-refractivity contribution is 4.52. The summed E-state index contributed by atoms with van der Waals surface area (Å²) >= 11 is 0. The minimum absolute atomic E-state index is 0.138. The minimum atomic E-state index is 0.138. The Labute approximate surface area is 82.2 Å². The van der Waals surface area contributed by atoms with E-state index in [-0.39, 0.29) is 12.5 Å². The number of hydrogen-bond donors (Lipinski definition) is 2. The van der Waals surface area contributed by atoms with Crippen LogP contribution in [-0.2, 0) is 4.74 Å². The SMILES string of the molecule is CCCNC(C)OC(C)NCCC. The third-order valence-corrected chi connectivity index (χ3v) is 1.77. The van der Waals surface area contributed by atoms with E-state index in [0.717, 1.165) is 25.9 Å². The molecule has 0 saturated heterocycles. The predicted octanol–water partition coefficient (Wildman–Crippen LogP) is 1.69. The lowest BCUT2D eigenvalue weighted by Gasteiger charge is -2.20. The molecule has 3 nitrogen and oxygen atoms in total. The maximum absolute atomic E-state index is 5.63. The normalized spacial score (nSPS) is 15.7. The van der Waals surface area contributed by atoms with E-state index in [2.05, 4.69) is 24.5 Å². The van der Waals surface area contributed by atoms with Gasteiger partial charge in [-0.25, -0.2) is 0 Å². The number of ether oxygens (including phenoxy) is 1. The average Bonchev–Trinajstić information content (AvgIpc) is 2.11. The molecule has 0 spiro atoms. The highest BCUT2D eigenvalue weighted by Crippen LogP contribution is 1.92. The van der Waals surface area contributed by atoms with E-state index in [4.69, 9.17) is 4.74 Å². The average molecular weight is 188 g/mol. The molecule has 0 aromatic rings. The summed E-state index contributed by atoms with van der Waals surface area (Å²) in [5.74, 6) is 0. The van der Waals surface area contributed by atoms with E-state index < -0.39 is 0 Å². The summed E-state index contributed by atoms with van der Waals surface area (Å²) in [4.78, 5) is 0. The van der Waals surface area contributed by atoms with Crippen LogP contribution in [0, 0.1) is 0 Å². The van der Waals surface area contributed by atoms with Crippen molar-refractivity contribution in [3.63, 3.8) is 0 Å². The van der Waals surface area contributed by atoms with Gasteiger partial charge < -0.3 is 4.74 Å². The standard InChI is InChI=1S/C10H24N2O/c1-5-7-11-9(3)13-10(4)12-8-6-2/h9-12H,5-8H2,1-4H3. The first-order valence-electron chi connectivity index (χ1n) is 5.32. The number of hydrogen-bond acceptors (Lipinski definition) is 3. The highest BCUT2D eigenvalue weighted by atomic mass is 16.5. The van der Waals surface area contributed by atoms with Crippen LogP contribution in [0.2, 0.25) is 0 Å². The van der Waals surface area contributed by atoms with Crippen LogP contribution in [0.4, 0.5) is 0 Å². The Morgan fingerprint density at radius 1 is 0.923 bits per heavy atom. The molecular weight excluding hydrogens is 164 g/mol. The third-order valence-electron chi connectivity index (χ3n) is 1.77. The Morgan fingerprint density at radius 2 is 1.31 bits per heavy atom. The molecule has 0 aromatic carbocycles. The van der Waals surface area contributed by atoms with Gasteiger partial charge in [-0.1, -0.05) is 13.8 Å². The Kier molecular flexibility index (Phi) is 8.40. The van der Waals surface area contributed by atoms with Crippen LogP contribution in [0.15, 0.2) is 0 Å². The van der Waals surface area contributed by atoms with E-state index in [9.17, 15) is 0 Å². The second kappa shape index (κ2) is 8.48. The minimum Gasteiger partial charge on any atom is -0.346 e. The largest absolute Gasteiger partial charge is 0.346 e. The van der Waals surface area contributed by atoms with Gasteiger partial charge in [-0.2, -0.15) is 0 Å². The maximum Gasteiger partial charge on any atom is 0.107 e. The zero-order valence-corrected chi connectivity index (χ0v) is 9.39. The van der Waals surface area contributed by atoms with Crippen LogP contribution >= 0.6 is 0 Å². The van der Waals surface area contributed by atoms with Gasteiger partial charge in [-0.15, -0.1) is 0 Å². The second-order valence-corrected chi connectivity index (χ2v) is 3.33. The molecule has 13 heavy (non-hydrogen) atoms. The van der Waals surface area contributed by atoms with Gasteiger partial charge in [0.2, 0.25) is 0 Å². The van der Waals surface area contributed by atoms with Crippen molar-refractivity contribution in [1.29, 1.82) is 0 Å². The van der Waals surface area contributed by atoms with E-state index in [1.54, 1.807) is 0 Å². The van der Waals surface area contributed by atoms with Gasteiger partial charge in [0.05, 0.1) is 0 Å². The van der Waals surface area contributed by atoms with Gasteiger partial charge in [0.25, 0.3) is 0 Å². The quantitative estimate of drug-likeness (QED) is 0.569. The molecule has 0 bridgehead atoms. The zero-order chi connectivity index (χ0) is 10.1. The van der Waals surface area contributed by atoms with Gasteiger partial charge in [-0.3, -0.25) is 10.6 Å². The summed E-state index contributed by atoms with van der Waals surface area (Å²) in [6, 6.07) is 0. The van der Waals surface area contributed by atoms with Gasteiger partial charge in [0.1, 0.15) is 12.5 Å². The molecule has 0 fully saturated rings. The molecule has 0 aliphatic carbocycles. The molecule has 0 aromatic heterocycles. The lowest BCUT2D eigenvalue weighted by molar-refractivity contribution is -0.0264. The first kappa shape index (κ1) is 12.9. The fraction of sp³-hybridized carbons (Fsp3) is 1.00. The molecule has 0 rings (SSSR count). The van der Waals surface area contributed by atoms with Crippen LogP contribution in [-0.4, -0.2) is 25.5 Å². The molecule has 2 atom stereocenters. The highest BCUT2D eigenvalue weighted by Gasteiger charge is 2.05. The van der Waals surface area contributed by atoms with Crippen molar-refractivity contribution in [1.82, 2.24) is 10.6 Å². The molecule has 2 unspecified atom stereocenters. The predicted molar refractivity (Wildman–Crippen MR) is 56.6 cm³/mol. The lowest BCUT2D eigenvalue weighted by atomic mass is 10.4. The summed E-state index contributed by atoms with van der Waals surface area (Å²) in [5.41, 5.74) is 0. The van der Waals surface area contributed by atoms with Crippen molar-refractivity contribution in [3.05, 3.63) is 0 Å². The first-order valence-corrected chi connectivity index (χ1v) is 5.32. The Morgan fingerprint density at radius 3 is 1.62 bits per heavy atom. The molecule has 0 aliphatic rings. The van der Waals surface area contributed by atoms with Crippen molar-refractivity contribution < 1.29 is 4.74 Å². The molecular formula is C10H24N2O. The monoisotopic (exact) mass is 188 g/mol. The summed E-state index contributed by atoms with van der Waals surface area (Å²) in [6.45, 7) is 10.4. The summed E-state index contributed by atoms with van der Waals surface area (Å²) in [6.07, 6.45) is 2.56. The Bertz CT molecular complexity index is 97.1. The molecule has 2 N–H and O–H groups in total. The van der Waals surface area contributed by atoms with Gasteiger partial charge in [0.15, 0.2) is 0 Å². The summed E-state index contributed by atoms with van der Waals surface area (Å²) in [7, 11) is 0. The van der Waals surface area contributed by atoms with E-state index >= 15 is 0 Å². The van der Waals surface area contributed by atoms with Crippen molar-refractivity contribution in [2.24, 2.45) is 0 Å². The summed E-state index contributed by atoms with van der Waals surface area (Å²) < 4.78 is 5.63. The van der Waals surface area contributed by atoms with Crippen LogP contribution in [0.25, 0.3) is 0 Å². The maximum atomic E-state index is 5.63. The first-order chi connectivity index (χ1) is 6.20. The number of rotatable bonds is 8. The second-order valence-electron chi connectivity index (χ2n) is 3.33. The van der Waals surface area contributed by atoms with Crippen LogP contribution < -0.4 is 10.6 Å². The van der Waals surface area contributed by atoms with Gasteiger partial charge in [0, 0.05) is 0 Å². The number of nitrogens with one attached hydrogen (secondary N) is 2.